The van der Waals surface area contributed by atoms with Gasteiger partial charge < -0.3 is 9.64 Å². The molecule has 3 nitrogen and oxygen atoms in total. The molecule has 0 aliphatic heterocycles. The van der Waals surface area contributed by atoms with Crippen LogP contribution in [0.4, 0.5) is 0 Å². The van der Waals surface area contributed by atoms with E-state index in [1.807, 2.05) is 47.5 Å². The molecule has 0 unspecified atom stereocenters. The summed E-state index contributed by atoms with van der Waals surface area (Å²) in [6.07, 6.45) is 0. The van der Waals surface area contributed by atoms with Crippen molar-refractivity contribution in [3.05, 3.63) is 46.7 Å². The fourth-order valence-corrected chi connectivity index (χ4v) is 3.40. The minimum atomic E-state index is 0.173. The van der Waals surface area contributed by atoms with Crippen LogP contribution >= 0.6 is 23.1 Å². The van der Waals surface area contributed by atoms with Gasteiger partial charge in [0.1, 0.15) is 5.75 Å². The van der Waals surface area contributed by atoms with Gasteiger partial charge in [-0.05, 0) is 42.6 Å². The van der Waals surface area contributed by atoms with E-state index in [0.29, 0.717) is 12.3 Å². The topological polar surface area (TPSA) is 29.5 Å². The van der Waals surface area contributed by atoms with E-state index in [1.165, 1.54) is 4.88 Å². The lowest BCUT2D eigenvalue weighted by Crippen LogP contribution is -2.31. The van der Waals surface area contributed by atoms with Gasteiger partial charge in [-0.15, -0.1) is 23.1 Å². The number of carbonyl (C=O) groups is 1. The first-order valence-corrected chi connectivity index (χ1v) is 8.66. The average Bonchev–Trinajstić information content (AvgIpc) is 3.03. The van der Waals surface area contributed by atoms with E-state index in [2.05, 4.69) is 6.07 Å². The molecule has 112 valence electrons. The minimum Gasteiger partial charge on any atom is -0.497 e. The Balaban J connectivity index is 1.86. The molecule has 0 spiro atoms. The van der Waals surface area contributed by atoms with E-state index >= 15 is 0 Å². The highest BCUT2D eigenvalue weighted by atomic mass is 32.2. The Morgan fingerprint density at radius 3 is 2.62 bits per heavy atom. The van der Waals surface area contributed by atoms with Crippen molar-refractivity contribution in [3.8, 4) is 5.75 Å². The second-order valence-corrected chi connectivity index (χ2v) is 6.53. The highest BCUT2D eigenvalue weighted by molar-refractivity contribution is 8.00. The van der Waals surface area contributed by atoms with Crippen LogP contribution in [-0.2, 0) is 11.3 Å². The maximum atomic E-state index is 12.3. The number of hydrogen-bond acceptors (Lipinski definition) is 4. The zero-order valence-electron chi connectivity index (χ0n) is 12.2. The Morgan fingerprint density at radius 1 is 1.29 bits per heavy atom. The number of methoxy groups -OCH3 is 1. The first-order chi connectivity index (χ1) is 10.2. The Kier molecular flexibility index (Phi) is 6.14. The number of rotatable bonds is 7. The second-order valence-electron chi connectivity index (χ2n) is 4.45. The van der Waals surface area contributed by atoms with Crippen molar-refractivity contribution >= 4 is 29.0 Å². The average molecular weight is 321 g/mol. The molecule has 1 aromatic heterocycles. The molecule has 0 aliphatic rings. The standard InChI is InChI=1S/C16H19NO2S2/c1-3-17(11-15-5-4-10-20-15)16(18)12-21-14-8-6-13(19-2)7-9-14/h4-10H,3,11-12H2,1-2H3. The minimum absolute atomic E-state index is 0.173. The fourth-order valence-electron chi connectivity index (χ4n) is 1.88. The van der Waals surface area contributed by atoms with Gasteiger partial charge in [-0.1, -0.05) is 6.07 Å². The Bertz CT molecular complexity index is 552. The van der Waals surface area contributed by atoms with Crippen LogP contribution in [-0.4, -0.2) is 30.2 Å². The predicted molar refractivity (Wildman–Crippen MR) is 89.1 cm³/mol. The van der Waals surface area contributed by atoms with Gasteiger partial charge in [-0.25, -0.2) is 0 Å². The zero-order chi connectivity index (χ0) is 15.1. The van der Waals surface area contributed by atoms with Gasteiger partial charge in [0.15, 0.2) is 0 Å². The maximum absolute atomic E-state index is 12.3. The van der Waals surface area contributed by atoms with Gasteiger partial charge in [0.05, 0.1) is 19.4 Å². The molecule has 0 saturated carbocycles. The van der Waals surface area contributed by atoms with Crippen molar-refractivity contribution in [2.75, 3.05) is 19.4 Å². The first kappa shape index (κ1) is 15.9. The molecule has 0 bridgehead atoms. The van der Waals surface area contributed by atoms with Gasteiger partial charge in [0.25, 0.3) is 0 Å². The van der Waals surface area contributed by atoms with Crippen molar-refractivity contribution in [2.24, 2.45) is 0 Å². The molecule has 0 fully saturated rings. The third-order valence-corrected chi connectivity index (χ3v) is 4.94. The van der Waals surface area contributed by atoms with Crippen molar-refractivity contribution in [1.29, 1.82) is 0 Å². The zero-order valence-corrected chi connectivity index (χ0v) is 13.9. The molecule has 1 aromatic carbocycles. The third-order valence-electron chi connectivity index (χ3n) is 3.08. The summed E-state index contributed by atoms with van der Waals surface area (Å²) in [4.78, 5) is 16.5. The van der Waals surface area contributed by atoms with E-state index in [0.717, 1.165) is 17.2 Å². The molecule has 5 heteroatoms. The molecule has 1 heterocycles. The van der Waals surface area contributed by atoms with E-state index in [4.69, 9.17) is 4.74 Å². The van der Waals surface area contributed by atoms with Crippen LogP contribution in [0.1, 0.15) is 11.8 Å². The number of nitrogens with zero attached hydrogens (tertiary/aromatic N) is 1. The van der Waals surface area contributed by atoms with Gasteiger partial charge in [-0.3, -0.25) is 4.79 Å². The highest BCUT2D eigenvalue weighted by Gasteiger charge is 2.13. The molecule has 0 saturated heterocycles. The SMILES string of the molecule is CCN(Cc1cccs1)C(=O)CSc1ccc(OC)cc1. The van der Waals surface area contributed by atoms with Crippen LogP contribution in [0, 0.1) is 0 Å². The number of thiophene rings is 1. The Hall–Kier alpha value is -1.46. The van der Waals surface area contributed by atoms with E-state index in [9.17, 15) is 4.79 Å². The van der Waals surface area contributed by atoms with Gasteiger partial charge in [0.2, 0.25) is 5.91 Å². The summed E-state index contributed by atoms with van der Waals surface area (Å²) in [6, 6.07) is 11.9. The van der Waals surface area contributed by atoms with Crippen LogP contribution < -0.4 is 4.74 Å². The number of amides is 1. The van der Waals surface area contributed by atoms with E-state index in [-0.39, 0.29) is 5.91 Å². The molecule has 21 heavy (non-hydrogen) atoms. The van der Waals surface area contributed by atoms with Crippen molar-refractivity contribution in [3.63, 3.8) is 0 Å². The number of carbonyl (C=O) groups excluding carboxylic acids is 1. The summed E-state index contributed by atoms with van der Waals surface area (Å²) < 4.78 is 5.13. The highest BCUT2D eigenvalue weighted by Crippen LogP contribution is 2.22. The molecule has 1 amide bonds. The first-order valence-electron chi connectivity index (χ1n) is 6.80. The number of thioether (sulfide) groups is 1. The van der Waals surface area contributed by atoms with Gasteiger partial charge in [-0.2, -0.15) is 0 Å². The summed E-state index contributed by atoms with van der Waals surface area (Å²) in [5, 5.41) is 2.04. The fraction of sp³-hybridized carbons (Fsp3) is 0.312. The second kappa shape index (κ2) is 8.10. The maximum Gasteiger partial charge on any atom is 0.233 e. The summed E-state index contributed by atoms with van der Waals surface area (Å²) >= 11 is 3.25. The van der Waals surface area contributed by atoms with Crippen molar-refractivity contribution in [1.82, 2.24) is 4.90 Å². The normalized spacial score (nSPS) is 10.4. The lowest BCUT2D eigenvalue weighted by Gasteiger charge is -2.20. The molecule has 0 radical (unpaired) electrons. The molecule has 0 atom stereocenters. The van der Waals surface area contributed by atoms with E-state index < -0.39 is 0 Å². The molecule has 2 rings (SSSR count). The van der Waals surface area contributed by atoms with Crippen LogP contribution in [0.3, 0.4) is 0 Å². The summed E-state index contributed by atoms with van der Waals surface area (Å²) in [6.45, 7) is 3.46. The van der Waals surface area contributed by atoms with E-state index in [1.54, 1.807) is 30.2 Å². The molecule has 2 aromatic rings. The Morgan fingerprint density at radius 2 is 2.05 bits per heavy atom. The number of ether oxygens (including phenoxy) is 1. The van der Waals surface area contributed by atoms with Gasteiger partial charge >= 0.3 is 0 Å². The van der Waals surface area contributed by atoms with Gasteiger partial charge in [0, 0.05) is 16.3 Å². The number of benzene rings is 1. The Labute approximate surface area is 133 Å². The van der Waals surface area contributed by atoms with Crippen molar-refractivity contribution in [2.45, 2.75) is 18.4 Å². The lowest BCUT2D eigenvalue weighted by molar-refractivity contribution is -0.128. The monoisotopic (exact) mass is 321 g/mol. The largest absolute Gasteiger partial charge is 0.497 e. The van der Waals surface area contributed by atoms with Crippen LogP contribution in [0.15, 0.2) is 46.7 Å². The summed E-state index contributed by atoms with van der Waals surface area (Å²) in [5.41, 5.74) is 0. The van der Waals surface area contributed by atoms with Crippen LogP contribution in [0.25, 0.3) is 0 Å². The smallest absolute Gasteiger partial charge is 0.233 e. The molecule has 0 aliphatic carbocycles. The summed E-state index contributed by atoms with van der Waals surface area (Å²) in [7, 11) is 1.65. The summed E-state index contributed by atoms with van der Waals surface area (Å²) in [5.74, 6) is 1.47. The number of hydrogen-bond donors (Lipinski definition) is 0. The molecular weight excluding hydrogens is 302 g/mol. The predicted octanol–water partition coefficient (Wildman–Crippen LogP) is 3.90. The molecular formula is C16H19NO2S2. The van der Waals surface area contributed by atoms with Crippen molar-refractivity contribution < 1.29 is 9.53 Å². The van der Waals surface area contributed by atoms with Crippen LogP contribution in [0.5, 0.6) is 5.75 Å². The third kappa shape index (κ3) is 4.79. The lowest BCUT2D eigenvalue weighted by atomic mass is 10.3. The van der Waals surface area contributed by atoms with Crippen LogP contribution in [0.2, 0.25) is 0 Å². The molecule has 0 N–H and O–H groups in total. The quantitative estimate of drug-likeness (QED) is 0.724.